The number of para-hydroxylation sites is 3. The summed E-state index contributed by atoms with van der Waals surface area (Å²) in [4.78, 5) is 0. The van der Waals surface area contributed by atoms with Gasteiger partial charge in [0.15, 0.2) is 0 Å². The van der Waals surface area contributed by atoms with Crippen LogP contribution in [0.1, 0.15) is 0 Å². The molecular weight excluding hydrogens is 637 g/mol. The number of benzene rings is 8. The summed E-state index contributed by atoms with van der Waals surface area (Å²) < 4.78 is 7.45. The molecule has 3 heteroatoms. The van der Waals surface area contributed by atoms with Crippen LogP contribution in [-0.2, 0) is 0 Å². The molecule has 0 N–H and O–H groups in total. The van der Waals surface area contributed by atoms with Crippen LogP contribution < -0.4 is 0 Å². The van der Waals surface area contributed by atoms with Crippen molar-refractivity contribution in [3.05, 3.63) is 182 Å². The summed E-state index contributed by atoms with van der Waals surface area (Å²) in [6, 6.07) is 66.6. The maximum absolute atomic E-state index is 2.42. The van der Waals surface area contributed by atoms with Gasteiger partial charge in [0, 0.05) is 53.1 Å². The molecule has 0 fully saturated rings. The van der Waals surface area contributed by atoms with E-state index in [0.29, 0.717) is 0 Å². The van der Waals surface area contributed by atoms with E-state index in [1.807, 2.05) is 11.3 Å². The number of thiophene rings is 1. The molecule has 0 spiro atoms. The quantitative estimate of drug-likeness (QED) is 0.177. The third-order valence-corrected chi connectivity index (χ3v) is 11.7. The average molecular weight is 667 g/mol. The summed E-state index contributed by atoms with van der Waals surface area (Å²) in [6.45, 7) is 0. The molecule has 238 valence electrons. The molecule has 0 atom stereocenters. The highest BCUT2D eigenvalue weighted by Crippen LogP contribution is 2.41. The van der Waals surface area contributed by atoms with Crippen LogP contribution in [-0.4, -0.2) is 9.13 Å². The maximum atomic E-state index is 2.42. The van der Waals surface area contributed by atoms with Crippen LogP contribution in [0.25, 0.3) is 97.4 Å². The normalized spacial score (nSPS) is 11.9. The average Bonchev–Trinajstić information content (AvgIpc) is 3.84. The van der Waals surface area contributed by atoms with Crippen LogP contribution in [0.2, 0.25) is 0 Å². The minimum absolute atomic E-state index is 1.17. The Hall–Kier alpha value is -6.42. The van der Waals surface area contributed by atoms with E-state index >= 15 is 0 Å². The van der Waals surface area contributed by atoms with E-state index in [0.717, 1.165) is 0 Å². The number of nitrogens with zero attached hydrogens (tertiary/aromatic N) is 2. The molecule has 3 aromatic heterocycles. The van der Waals surface area contributed by atoms with E-state index in [1.54, 1.807) is 0 Å². The van der Waals surface area contributed by atoms with Gasteiger partial charge in [-0.1, -0.05) is 121 Å². The SMILES string of the molecule is c1ccc2c(c1)sc1cc3c(cc12)c1ccccc1n3-c1ccc(-c2ccc(-c3ccc(-n4c5ccccc5c5ccccc54)cc3)cc2)cc1. The first-order chi connectivity index (χ1) is 25.3. The molecule has 11 rings (SSSR count). The first kappa shape index (κ1) is 28.4. The van der Waals surface area contributed by atoms with Crippen LogP contribution in [0.15, 0.2) is 182 Å². The van der Waals surface area contributed by atoms with Crippen LogP contribution >= 0.6 is 11.3 Å². The molecule has 0 aliphatic heterocycles. The Morgan fingerprint density at radius 1 is 0.275 bits per heavy atom. The van der Waals surface area contributed by atoms with Crippen molar-refractivity contribution in [2.24, 2.45) is 0 Å². The van der Waals surface area contributed by atoms with Gasteiger partial charge < -0.3 is 9.13 Å². The highest BCUT2D eigenvalue weighted by molar-refractivity contribution is 7.25. The third-order valence-electron chi connectivity index (χ3n) is 10.6. The number of hydrogen-bond acceptors (Lipinski definition) is 1. The fourth-order valence-corrected chi connectivity index (χ4v) is 9.25. The van der Waals surface area contributed by atoms with Gasteiger partial charge in [0.25, 0.3) is 0 Å². The second-order valence-electron chi connectivity index (χ2n) is 13.4. The Labute approximate surface area is 298 Å². The summed E-state index contributed by atoms with van der Waals surface area (Å²) in [7, 11) is 0. The van der Waals surface area contributed by atoms with Gasteiger partial charge in [0.1, 0.15) is 0 Å². The summed E-state index contributed by atoms with van der Waals surface area (Å²) in [6.07, 6.45) is 0. The maximum Gasteiger partial charge on any atom is 0.0555 e. The van der Waals surface area contributed by atoms with Gasteiger partial charge in [-0.05, 0) is 82.9 Å². The van der Waals surface area contributed by atoms with E-state index in [9.17, 15) is 0 Å². The molecular formula is C48H30N2S. The van der Waals surface area contributed by atoms with Gasteiger partial charge in [-0.2, -0.15) is 0 Å². The van der Waals surface area contributed by atoms with Crippen LogP contribution in [0, 0.1) is 0 Å². The Kier molecular flexibility index (Phi) is 6.16. The molecule has 0 aliphatic rings. The molecule has 3 heterocycles. The van der Waals surface area contributed by atoms with Gasteiger partial charge in [0.05, 0.1) is 22.1 Å². The Morgan fingerprint density at radius 3 is 1.18 bits per heavy atom. The standard InChI is InChI=1S/C48H30N2S/c1-5-13-43-37(9-1)38-10-2-6-14-44(38)49(43)35-25-21-33(22-26-35)31-17-19-32(20-18-31)34-23-27-36(28-24-34)50-45-15-7-3-11-39(45)41-29-42-40-12-4-8-16-47(40)51-48(42)30-46(41)50/h1-30H. The molecule has 2 nitrogen and oxygen atoms in total. The van der Waals surface area contributed by atoms with Crippen molar-refractivity contribution < 1.29 is 0 Å². The lowest BCUT2D eigenvalue weighted by atomic mass is 10.00. The summed E-state index contributed by atoms with van der Waals surface area (Å²) >= 11 is 1.88. The van der Waals surface area contributed by atoms with Crippen molar-refractivity contribution in [1.82, 2.24) is 9.13 Å². The number of rotatable bonds is 4. The molecule has 0 amide bonds. The fraction of sp³-hybridized carbons (Fsp3) is 0. The zero-order valence-corrected chi connectivity index (χ0v) is 28.4. The molecule has 0 radical (unpaired) electrons. The molecule has 0 unspecified atom stereocenters. The third kappa shape index (κ3) is 4.35. The lowest BCUT2D eigenvalue weighted by Crippen LogP contribution is -1.94. The van der Waals surface area contributed by atoms with E-state index < -0.39 is 0 Å². The molecule has 8 aromatic carbocycles. The predicted octanol–water partition coefficient (Wildman–Crippen LogP) is 13.6. The van der Waals surface area contributed by atoms with E-state index in [4.69, 9.17) is 0 Å². The molecule has 0 saturated heterocycles. The number of hydrogen-bond donors (Lipinski definition) is 0. The molecule has 0 saturated carbocycles. The van der Waals surface area contributed by atoms with Crippen LogP contribution in [0.4, 0.5) is 0 Å². The van der Waals surface area contributed by atoms with Crippen molar-refractivity contribution >= 4 is 75.1 Å². The first-order valence-electron chi connectivity index (χ1n) is 17.4. The second-order valence-corrected chi connectivity index (χ2v) is 14.4. The minimum atomic E-state index is 1.17. The molecule has 11 aromatic rings. The fourth-order valence-electron chi connectivity index (χ4n) is 8.13. The largest absolute Gasteiger partial charge is 0.309 e. The first-order valence-corrected chi connectivity index (χ1v) is 18.2. The zero-order chi connectivity index (χ0) is 33.5. The molecule has 0 aliphatic carbocycles. The topological polar surface area (TPSA) is 9.86 Å². The zero-order valence-electron chi connectivity index (χ0n) is 27.6. The Morgan fingerprint density at radius 2 is 0.667 bits per heavy atom. The number of aromatic nitrogens is 2. The summed E-state index contributed by atoms with van der Waals surface area (Å²) in [5.41, 5.74) is 12.1. The van der Waals surface area contributed by atoms with Crippen LogP contribution in [0.3, 0.4) is 0 Å². The predicted molar refractivity (Wildman–Crippen MR) is 219 cm³/mol. The highest BCUT2D eigenvalue weighted by atomic mass is 32.1. The number of fused-ring (bicyclic) bond motifs is 9. The minimum Gasteiger partial charge on any atom is -0.309 e. The van der Waals surface area contributed by atoms with Crippen molar-refractivity contribution in [2.45, 2.75) is 0 Å². The second kappa shape index (κ2) is 11.0. The monoisotopic (exact) mass is 666 g/mol. The summed E-state index contributed by atoms with van der Waals surface area (Å²) in [5, 5.41) is 7.82. The molecule has 51 heavy (non-hydrogen) atoms. The molecule has 0 bridgehead atoms. The Balaban J connectivity index is 0.922. The van der Waals surface area contributed by atoms with Gasteiger partial charge in [-0.25, -0.2) is 0 Å². The van der Waals surface area contributed by atoms with E-state index in [-0.39, 0.29) is 0 Å². The van der Waals surface area contributed by atoms with Crippen molar-refractivity contribution in [1.29, 1.82) is 0 Å². The van der Waals surface area contributed by atoms with Gasteiger partial charge in [0.2, 0.25) is 0 Å². The smallest absolute Gasteiger partial charge is 0.0555 e. The van der Waals surface area contributed by atoms with Crippen molar-refractivity contribution in [3.8, 4) is 33.6 Å². The van der Waals surface area contributed by atoms with Gasteiger partial charge in [-0.3, -0.25) is 0 Å². The highest BCUT2D eigenvalue weighted by Gasteiger charge is 2.16. The lowest BCUT2D eigenvalue weighted by Gasteiger charge is -2.11. The summed E-state index contributed by atoms with van der Waals surface area (Å²) in [5.74, 6) is 0. The van der Waals surface area contributed by atoms with E-state index in [1.165, 1.54) is 97.4 Å². The van der Waals surface area contributed by atoms with Crippen molar-refractivity contribution in [2.75, 3.05) is 0 Å². The van der Waals surface area contributed by atoms with Crippen molar-refractivity contribution in [3.63, 3.8) is 0 Å². The van der Waals surface area contributed by atoms with Gasteiger partial charge >= 0.3 is 0 Å². The van der Waals surface area contributed by atoms with Gasteiger partial charge in [-0.15, -0.1) is 11.3 Å². The van der Waals surface area contributed by atoms with E-state index in [2.05, 4.69) is 191 Å². The lowest BCUT2D eigenvalue weighted by molar-refractivity contribution is 1.18. The van der Waals surface area contributed by atoms with Crippen LogP contribution in [0.5, 0.6) is 0 Å². The Bertz CT molecular complexity index is 3050.